The molecule has 0 aromatic carbocycles. The number of halogens is 3. The molecule has 1 atom stereocenters. The molecule has 1 unspecified atom stereocenters. The Kier molecular flexibility index (Phi) is 6.03. The van der Waals surface area contributed by atoms with Gasteiger partial charge in [0, 0.05) is 56.9 Å². The zero-order chi connectivity index (χ0) is 21.8. The van der Waals surface area contributed by atoms with Gasteiger partial charge < -0.3 is 10.2 Å². The van der Waals surface area contributed by atoms with Gasteiger partial charge in [0.1, 0.15) is 5.82 Å². The van der Waals surface area contributed by atoms with Crippen molar-refractivity contribution < 1.29 is 13.6 Å². The van der Waals surface area contributed by atoms with Crippen molar-refractivity contribution in [2.45, 2.75) is 24.8 Å². The minimum Gasteiger partial charge on any atom is -0.368 e. The molecule has 0 saturated carbocycles. The predicted octanol–water partition coefficient (Wildman–Crippen LogP) is 3.94. The number of rotatable bonds is 5. The maximum absolute atomic E-state index is 14.2. The Morgan fingerprint density at radius 3 is 2.71 bits per heavy atom. The Bertz CT molecular complexity index is 1050. The molecule has 1 amide bonds. The lowest BCUT2D eigenvalue weighted by atomic mass is 9.96. The second-order valence-electron chi connectivity index (χ2n) is 7.20. The molecule has 160 valence electrons. The van der Waals surface area contributed by atoms with Crippen molar-refractivity contribution >= 4 is 23.3 Å². The van der Waals surface area contributed by atoms with Gasteiger partial charge in [-0.15, -0.1) is 0 Å². The average Bonchev–Trinajstić information content (AvgIpc) is 2.78. The third-order valence-electron chi connectivity index (χ3n) is 5.06. The number of hydrogen-bond donors (Lipinski definition) is 1. The van der Waals surface area contributed by atoms with E-state index in [2.05, 4.69) is 25.3 Å². The van der Waals surface area contributed by atoms with Gasteiger partial charge in [-0.1, -0.05) is 11.6 Å². The molecular formula is C21H19ClF2N6O. The van der Waals surface area contributed by atoms with Crippen molar-refractivity contribution in [2.75, 3.05) is 18.4 Å². The fourth-order valence-corrected chi connectivity index (χ4v) is 3.64. The average molecular weight is 445 g/mol. The Labute approximate surface area is 182 Å². The summed E-state index contributed by atoms with van der Waals surface area (Å²) in [6.45, 7) is 0.0574. The molecule has 1 fully saturated rings. The van der Waals surface area contributed by atoms with E-state index in [1.54, 1.807) is 36.7 Å². The molecule has 1 aliphatic rings. The highest BCUT2D eigenvalue weighted by Crippen LogP contribution is 2.33. The summed E-state index contributed by atoms with van der Waals surface area (Å²) in [5.41, 5.74) is 0.776. The zero-order valence-electron chi connectivity index (χ0n) is 16.4. The molecule has 1 saturated heterocycles. The van der Waals surface area contributed by atoms with Crippen molar-refractivity contribution in [1.29, 1.82) is 0 Å². The Morgan fingerprint density at radius 2 is 1.97 bits per heavy atom. The first-order chi connectivity index (χ1) is 14.9. The molecule has 7 nitrogen and oxygen atoms in total. The number of hydrogen-bond acceptors (Lipinski definition) is 6. The molecule has 10 heteroatoms. The van der Waals surface area contributed by atoms with Crippen LogP contribution in [0.2, 0.25) is 5.02 Å². The number of likely N-dealkylation sites (tertiary alicyclic amines) is 1. The normalized spacial score (nSPS) is 17.9. The largest absolute Gasteiger partial charge is 0.368 e. The van der Waals surface area contributed by atoms with Crippen LogP contribution in [0.1, 0.15) is 23.2 Å². The van der Waals surface area contributed by atoms with Crippen LogP contribution in [0.3, 0.4) is 0 Å². The van der Waals surface area contributed by atoms with Gasteiger partial charge in [-0.3, -0.25) is 9.78 Å². The van der Waals surface area contributed by atoms with Crippen LogP contribution < -0.4 is 5.32 Å². The van der Waals surface area contributed by atoms with E-state index in [9.17, 15) is 13.6 Å². The van der Waals surface area contributed by atoms with Crippen molar-refractivity contribution in [3.05, 3.63) is 65.8 Å². The molecule has 4 heterocycles. The Hall–Kier alpha value is -3.20. The van der Waals surface area contributed by atoms with Gasteiger partial charge in [-0.05, 0) is 24.3 Å². The predicted molar refractivity (Wildman–Crippen MR) is 112 cm³/mol. The van der Waals surface area contributed by atoms with Gasteiger partial charge in [0.15, 0.2) is 5.82 Å². The van der Waals surface area contributed by atoms with E-state index in [0.29, 0.717) is 27.8 Å². The third-order valence-corrected chi connectivity index (χ3v) is 5.28. The maximum atomic E-state index is 14.2. The number of piperidine rings is 1. The summed E-state index contributed by atoms with van der Waals surface area (Å²) in [6.07, 6.45) is 6.76. The minimum atomic E-state index is -2.85. The van der Waals surface area contributed by atoms with Crippen LogP contribution in [0.15, 0.2) is 55.2 Å². The summed E-state index contributed by atoms with van der Waals surface area (Å²) in [5.74, 6) is -2.37. The van der Waals surface area contributed by atoms with Crippen LogP contribution in [0.4, 0.5) is 14.6 Å². The SMILES string of the molecule is O=C(c1ccncc1-c1ncccn1)N1CCC(F)(F)CC1CNc1ccc(Cl)cn1. The number of carbonyl (C=O) groups is 1. The van der Waals surface area contributed by atoms with Gasteiger partial charge in [0.25, 0.3) is 11.8 Å². The summed E-state index contributed by atoms with van der Waals surface area (Å²) in [4.78, 5) is 31.5. The van der Waals surface area contributed by atoms with E-state index in [1.165, 1.54) is 23.5 Å². The van der Waals surface area contributed by atoms with Crippen LogP contribution >= 0.6 is 11.6 Å². The number of anilines is 1. The fourth-order valence-electron chi connectivity index (χ4n) is 3.53. The molecule has 3 aromatic heterocycles. The van der Waals surface area contributed by atoms with E-state index in [4.69, 9.17) is 11.6 Å². The van der Waals surface area contributed by atoms with Gasteiger partial charge in [0.05, 0.1) is 22.2 Å². The highest BCUT2D eigenvalue weighted by molar-refractivity contribution is 6.30. The quantitative estimate of drug-likeness (QED) is 0.641. The Morgan fingerprint density at radius 1 is 1.16 bits per heavy atom. The third kappa shape index (κ3) is 4.93. The summed E-state index contributed by atoms with van der Waals surface area (Å²) < 4.78 is 28.4. The molecule has 0 radical (unpaired) electrons. The number of nitrogens with one attached hydrogen (secondary N) is 1. The number of nitrogens with zero attached hydrogens (tertiary/aromatic N) is 5. The van der Waals surface area contributed by atoms with Crippen LogP contribution in [0, 0.1) is 0 Å². The monoisotopic (exact) mass is 444 g/mol. The number of carbonyl (C=O) groups excluding carboxylic acids is 1. The maximum Gasteiger partial charge on any atom is 0.255 e. The summed E-state index contributed by atoms with van der Waals surface area (Å²) >= 11 is 5.84. The second-order valence-corrected chi connectivity index (χ2v) is 7.64. The molecule has 31 heavy (non-hydrogen) atoms. The first-order valence-corrected chi connectivity index (χ1v) is 10.1. The van der Waals surface area contributed by atoms with E-state index in [0.717, 1.165) is 0 Å². The van der Waals surface area contributed by atoms with Gasteiger partial charge in [-0.25, -0.2) is 23.7 Å². The molecule has 4 rings (SSSR count). The highest BCUT2D eigenvalue weighted by atomic mass is 35.5. The van der Waals surface area contributed by atoms with Gasteiger partial charge in [-0.2, -0.15) is 0 Å². The zero-order valence-corrected chi connectivity index (χ0v) is 17.1. The van der Waals surface area contributed by atoms with Crippen LogP contribution in [0.25, 0.3) is 11.4 Å². The summed E-state index contributed by atoms with van der Waals surface area (Å²) in [5, 5.41) is 3.50. The van der Waals surface area contributed by atoms with E-state index in [1.807, 2.05) is 0 Å². The van der Waals surface area contributed by atoms with Crippen LogP contribution in [-0.2, 0) is 0 Å². The highest BCUT2D eigenvalue weighted by Gasteiger charge is 2.42. The second kappa shape index (κ2) is 8.89. The number of pyridine rings is 2. The summed E-state index contributed by atoms with van der Waals surface area (Å²) in [6, 6.07) is 5.81. The number of alkyl halides is 2. The lowest BCUT2D eigenvalue weighted by molar-refractivity contribution is -0.0674. The topological polar surface area (TPSA) is 83.9 Å². The van der Waals surface area contributed by atoms with Crippen molar-refractivity contribution in [3.63, 3.8) is 0 Å². The molecule has 0 aliphatic carbocycles. The van der Waals surface area contributed by atoms with Gasteiger partial charge in [0.2, 0.25) is 0 Å². The molecule has 0 spiro atoms. The number of aromatic nitrogens is 4. The van der Waals surface area contributed by atoms with E-state index < -0.39 is 24.8 Å². The smallest absolute Gasteiger partial charge is 0.255 e. The molecule has 3 aromatic rings. The number of amides is 1. The van der Waals surface area contributed by atoms with Gasteiger partial charge >= 0.3 is 0 Å². The van der Waals surface area contributed by atoms with Crippen LogP contribution in [-0.4, -0.2) is 55.8 Å². The Balaban J connectivity index is 1.59. The van der Waals surface area contributed by atoms with Crippen molar-refractivity contribution in [3.8, 4) is 11.4 Å². The lowest BCUT2D eigenvalue weighted by Crippen LogP contribution is -2.52. The van der Waals surface area contributed by atoms with Crippen LogP contribution in [0.5, 0.6) is 0 Å². The minimum absolute atomic E-state index is 0.0658. The molecule has 0 bridgehead atoms. The van der Waals surface area contributed by atoms with Crippen molar-refractivity contribution in [1.82, 2.24) is 24.8 Å². The van der Waals surface area contributed by atoms with E-state index >= 15 is 0 Å². The standard InChI is InChI=1S/C21H19ClF2N6O/c22-14-2-3-18(28-11-14)29-12-15-10-21(23,24)5-9-30(15)20(31)16-4-8-25-13-17(16)19-26-6-1-7-27-19/h1-4,6-8,11,13,15H,5,9-10,12H2,(H,28,29). The van der Waals surface area contributed by atoms with Crippen molar-refractivity contribution in [2.24, 2.45) is 0 Å². The molecule has 1 N–H and O–H groups in total. The lowest BCUT2D eigenvalue weighted by Gasteiger charge is -2.39. The fraction of sp³-hybridized carbons (Fsp3) is 0.286. The first-order valence-electron chi connectivity index (χ1n) is 9.68. The van der Waals surface area contributed by atoms with E-state index in [-0.39, 0.29) is 19.0 Å². The molecular weight excluding hydrogens is 426 g/mol. The molecule has 1 aliphatic heterocycles. The first kappa shape index (κ1) is 21.0. The summed E-state index contributed by atoms with van der Waals surface area (Å²) in [7, 11) is 0.